The quantitative estimate of drug-likeness (QED) is 0.858. The molecule has 104 valence electrons. The van der Waals surface area contributed by atoms with E-state index in [1.165, 1.54) is 5.75 Å². The summed E-state index contributed by atoms with van der Waals surface area (Å²) in [6.45, 7) is 2.44. The Morgan fingerprint density at radius 1 is 1.44 bits per heavy atom. The first-order valence-corrected chi connectivity index (χ1v) is 9.78. The Morgan fingerprint density at radius 3 is 2.83 bits per heavy atom. The van der Waals surface area contributed by atoms with Gasteiger partial charge in [-0.1, -0.05) is 0 Å². The number of ether oxygens (including phenoxy) is 1. The number of nitrogens with one attached hydrogen (secondary N) is 1. The van der Waals surface area contributed by atoms with Crippen LogP contribution in [0.3, 0.4) is 0 Å². The Morgan fingerprint density at radius 2 is 2.22 bits per heavy atom. The third kappa shape index (κ3) is 3.99. The number of hydrogen-bond donors (Lipinski definition) is 1. The molecule has 0 aliphatic carbocycles. The van der Waals surface area contributed by atoms with Gasteiger partial charge in [-0.3, -0.25) is 4.79 Å². The van der Waals surface area contributed by atoms with Gasteiger partial charge in [-0.2, -0.15) is 23.5 Å². The SMILES string of the molecule is CSC1(CNC(=O)C2CSCCS2)CCOCC1. The van der Waals surface area contributed by atoms with E-state index in [1.807, 2.05) is 23.5 Å². The van der Waals surface area contributed by atoms with Crippen LogP contribution in [-0.4, -0.2) is 59.2 Å². The lowest BCUT2D eigenvalue weighted by molar-refractivity contribution is -0.120. The fourth-order valence-corrected chi connectivity index (χ4v) is 5.57. The van der Waals surface area contributed by atoms with E-state index in [0.29, 0.717) is 0 Å². The van der Waals surface area contributed by atoms with E-state index < -0.39 is 0 Å². The van der Waals surface area contributed by atoms with Crippen molar-refractivity contribution in [1.29, 1.82) is 0 Å². The highest BCUT2D eigenvalue weighted by Crippen LogP contribution is 2.33. The molecule has 2 saturated heterocycles. The first-order chi connectivity index (χ1) is 8.76. The number of amides is 1. The van der Waals surface area contributed by atoms with E-state index in [9.17, 15) is 4.79 Å². The molecule has 0 saturated carbocycles. The van der Waals surface area contributed by atoms with Crippen LogP contribution in [0.15, 0.2) is 0 Å². The predicted octanol–water partition coefficient (Wildman–Crippen LogP) is 1.86. The Hall–Kier alpha value is 0.480. The lowest BCUT2D eigenvalue weighted by Gasteiger charge is -2.36. The molecule has 0 bridgehead atoms. The second-order valence-electron chi connectivity index (χ2n) is 4.65. The summed E-state index contributed by atoms with van der Waals surface area (Å²) < 4.78 is 5.61. The summed E-state index contributed by atoms with van der Waals surface area (Å²) >= 11 is 5.57. The summed E-state index contributed by atoms with van der Waals surface area (Å²) in [4.78, 5) is 12.1. The molecule has 0 spiro atoms. The van der Waals surface area contributed by atoms with Crippen LogP contribution in [0.5, 0.6) is 0 Å². The third-order valence-corrected chi connectivity index (χ3v) is 7.70. The lowest BCUT2D eigenvalue weighted by atomic mass is 9.99. The maximum absolute atomic E-state index is 12.1. The highest BCUT2D eigenvalue weighted by atomic mass is 32.2. The average molecular weight is 308 g/mol. The van der Waals surface area contributed by atoms with E-state index in [-0.39, 0.29) is 15.9 Å². The van der Waals surface area contributed by atoms with Crippen LogP contribution in [0.2, 0.25) is 0 Å². The van der Waals surface area contributed by atoms with Gasteiger partial charge in [-0.15, -0.1) is 11.8 Å². The minimum Gasteiger partial charge on any atom is -0.381 e. The Bertz CT molecular complexity index is 276. The zero-order valence-electron chi connectivity index (χ0n) is 10.8. The molecule has 0 aromatic heterocycles. The van der Waals surface area contributed by atoms with Crippen molar-refractivity contribution in [3.05, 3.63) is 0 Å². The Labute approximate surface area is 122 Å². The van der Waals surface area contributed by atoms with Crippen molar-refractivity contribution in [3.8, 4) is 0 Å². The van der Waals surface area contributed by atoms with Crippen molar-refractivity contribution in [2.45, 2.75) is 22.8 Å². The first kappa shape index (κ1) is 14.9. The number of rotatable bonds is 4. The zero-order valence-corrected chi connectivity index (χ0v) is 13.2. The van der Waals surface area contributed by atoms with E-state index in [0.717, 1.165) is 44.1 Å². The highest BCUT2D eigenvalue weighted by Gasteiger charge is 2.33. The standard InChI is InChI=1S/C12H21NO2S3/c1-16-12(2-4-15-5-3-12)9-13-11(14)10-8-17-6-7-18-10/h10H,2-9H2,1H3,(H,13,14). The van der Waals surface area contributed by atoms with Gasteiger partial charge < -0.3 is 10.1 Å². The van der Waals surface area contributed by atoms with Gasteiger partial charge in [0.1, 0.15) is 0 Å². The molecule has 2 fully saturated rings. The number of thioether (sulfide) groups is 3. The van der Waals surface area contributed by atoms with Crippen molar-refractivity contribution in [1.82, 2.24) is 5.32 Å². The van der Waals surface area contributed by atoms with Crippen molar-refractivity contribution in [3.63, 3.8) is 0 Å². The van der Waals surface area contributed by atoms with Gasteiger partial charge >= 0.3 is 0 Å². The van der Waals surface area contributed by atoms with Gasteiger partial charge in [0.15, 0.2) is 0 Å². The summed E-state index contributed by atoms with van der Waals surface area (Å²) in [5.41, 5.74) is 0. The van der Waals surface area contributed by atoms with Crippen LogP contribution >= 0.6 is 35.3 Å². The van der Waals surface area contributed by atoms with Crippen molar-refractivity contribution in [2.24, 2.45) is 0 Å². The second-order valence-corrected chi connectivity index (χ2v) is 8.39. The summed E-state index contributed by atoms with van der Waals surface area (Å²) in [6.07, 6.45) is 4.23. The van der Waals surface area contributed by atoms with E-state index in [1.54, 1.807) is 11.8 Å². The third-order valence-electron chi connectivity index (χ3n) is 3.53. The number of carbonyl (C=O) groups is 1. The Kier molecular flexibility index (Phi) is 6.04. The normalized spacial score (nSPS) is 27.7. The molecule has 1 amide bonds. The maximum Gasteiger partial charge on any atom is 0.234 e. The van der Waals surface area contributed by atoms with Crippen molar-refractivity contribution in [2.75, 3.05) is 43.3 Å². The van der Waals surface area contributed by atoms with Crippen LogP contribution in [0.1, 0.15) is 12.8 Å². The summed E-state index contributed by atoms with van der Waals surface area (Å²) in [5.74, 6) is 3.48. The molecular weight excluding hydrogens is 286 g/mol. The average Bonchev–Trinajstić information content (AvgIpc) is 2.47. The largest absolute Gasteiger partial charge is 0.381 e. The molecule has 0 radical (unpaired) electrons. The van der Waals surface area contributed by atoms with Gasteiger partial charge in [-0.25, -0.2) is 0 Å². The molecule has 2 rings (SSSR count). The van der Waals surface area contributed by atoms with Crippen LogP contribution < -0.4 is 5.32 Å². The zero-order chi connectivity index (χ0) is 12.8. The topological polar surface area (TPSA) is 38.3 Å². The van der Waals surface area contributed by atoms with E-state index in [4.69, 9.17) is 4.74 Å². The summed E-state index contributed by atoms with van der Waals surface area (Å²) in [5, 5.41) is 3.32. The lowest BCUT2D eigenvalue weighted by Crippen LogP contribution is -2.47. The van der Waals surface area contributed by atoms with E-state index in [2.05, 4.69) is 11.6 Å². The van der Waals surface area contributed by atoms with Gasteiger partial charge in [0.2, 0.25) is 5.91 Å². The van der Waals surface area contributed by atoms with Crippen LogP contribution in [0, 0.1) is 0 Å². The van der Waals surface area contributed by atoms with Crippen LogP contribution in [0.4, 0.5) is 0 Å². The Balaban J connectivity index is 1.79. The molecule has 0 aromatic carbocycles. The summed E-state index contributed by atoms with van der Waals surface area (Å²) in [7, 11) is 0. The first-order valence-electron chi connectivity index (χ1n) is 6.36. The van der Waals surface area contributed by atoms with Gasteiger partial charge in [0.05, 0.1) is 5.25 Å². The number of hydrogen-bond acceptors (Lipinski definition) is 5. The molecule has 6 heteroatoms. The number of carbonyl (C=O) groups excluding carboxylic acids is 1. The molecule has 2 aliphatic heterocycles. The van der Waals surface area contributed by atoms with E-state index >= 15 is 0 Å². The molecule has 1 unspecified atom stereocenters. The van der Waals surface area contributed by atoms with Crippen molar-refractivity contribution >= 4 is 41.2 Å². The van der Waals surface area contributed by atoms with Crippen LogP contribution in [0.25, 0.3) is 0 Å². The van der Waals surface area contributed by atoms with Gasteiger partial charge in [0.25, 0.3) is 0 Å². The minimum atomic E-state index is 0.155. The minimum absolute atomic E-state index is 0.155. The molecular formula is C12H21NO2S3. The predicted molar refractivity (Wildman–Crippen MR) is 82.9 cm³/mol. The van der Waals surface area contributed by atoms with Crippen molar-refractivity contribution < 1.29 is 9.53 Å². The molecule has 18 heavy (non-hydrogen) atoms. The molecule has 3 nitrogen and oxygen atoms in total. The molecule has 1 N–H and O–H groups in total. The summed E-state index contributed by atoms with van der Waals surface area (Å²) in [6, 6.07) is 0. The molecule has 2 aliphatic rings. The molecule has 0 aromatic rings. The highest BCUT2D eigenvalue weighted by molar-refractivity contribution is 8.07. The van der Waals surface area contributed by atoms with Gasteiger partial charge in [0, 0.05) is 41.8 Å². The second kappa shape index (κ2) is 7.31. The van der Waals surface area contributed by atoms with Crippen LogP contribution in [-0.2, 0) is 9.53 Å². The van der Waals surface area contributed by atoms with Gasteiger partial charge in [-0.05, 0) is 19.1 Å². The molecule has 1 atom stereocenters. The fourth-order valence-electron chi connectivity index (χ4n) is 2.20. The monoisotopic (exact) mass is 307 g/mol. The fraction of sp³-hybridized carbons (Fsp3) is 0.917. The smallest absolute Gasteiger partial charge is 0.234 e. The molecule has 2 heterocycles. The maximum atomic E-state index is 12.1.